The largest absolute Gasteiger partial charge is 0.493 e. The molecule has 2 aromatic carbocycles. The van der Waals surface area contributed by atoms with Crippen molar-refractivity contribution in [1.82, 2.24) is 5.32 Å². The molecule has 0 bridgehead atoms. The standard InChI is InChI=1S/C20H24BrNO3/c1-23-19-11-17(21)10-16(12-22-13-18-8-5-9-24-18)20(19)25-14-15-6-3-2-4-7-15/h2-4,6-7,10-11,18,22H,5,8-9,12-14H2,1H3/t18-/m0/s1. The zero-order valence-corrected chi connectivity index (χ0v) is 16.1. The first-order valence-electron chi connectivity index (χ1n) is 8.61. The highest BCUT2D eigenvalue weighted by atomic mass is 79.9. The molecule has 134 valence electrons. The van der Waals surface area contributed by atoms with E-state index in [1.165, 1.54) is 0 Å². The Kier molecular flexibility index (Phi) is 6.73. The number of halogens is 1. The maximum atomic E-state index is 6.11. The Morgan fingerprint density at radius 3 is 2.80 bits per heavy atom. The first-order chi connectivity index (χ1) is 12.3. The van der Waals surface area contributed by atoms with Crippen LogP contribution < -0.4 is 14.8 Å². The Hall–Kier alpha value is -1.56. The Morgan fingerprint density at radius 2 is 2.08 bits per heavy atom. The van der Waals surface area contributed by atoms with Gasteiger partial charge in [-0.3, -0.25) is 0 Å². The second-order valence-electron chi connectivity index (χ2n) is 6.14. The molecule has 1 N–H and O–H groups in total. The topological polar surface area (TPSA) is 39.7 Å². The molecular weight excluding hydrogens is 382 g/mol. The van der Waals surface area contributed by atoms with E-state index in [0.29, 0.717) is 19.3 Å². The van der Waals surface area contributed by atoms with Gasteiger partial charge in [0.25, 0.3) is 0 Å². The minimum atomic E-state index is 0.322. The fourth-order valence-electron chi connectivity index (χ4n) is 2.97. The van der Waals surface area contributed by atoms with Gasteiger partial charge in [-0.2, -0.15) is 0 Å². The molecule has 0 amide bonds. The lowest BCUT2D eigenvalue weighted by Crippen LogP contribution is -2.26. The third-order valence-corrected chi connectivity index (χ3v) is 4.71. The molecule has 0 spiro atoms. The summed E-state index contributed by atoms with van der Waals surface area (Å²) < 4.78 is 18.3. The van der Waals surface area contributed by atoms with Crippen LogP contribution in [0, 0.1) is 0 Å². The van der Waals surface area contributed by atoms with Crippen LogP contribution in [-0.2, 0) is 17.9 Å². The zero-order chi connectivity index (χ0) is 17.5. The van der Waals surface area contributed by atoms with Crippen LogP contribution >= 0.6 is 15.9 Å². The van der Waals surface area contributed by atoms with Crippen molar-refractivity contribution in [3.8, 4) is 11.5 Å². The summed E-state index contributed by atoms with van der Waals surface area (Å²) in [6.07, 6.45) is 2.61. The van der Waals surface area contributed by atoms with Gasteiger partial charge in [-0.15, -0.1) is 0 Å². The van der Waals surface area contributed by atoms with E-state index in [1.807, 2.05) is 24.3 Å². The molecule has 1 heterocycles. The fourth-order valence-corrected chi connectivity index (χ4v) is 3.46. The summed E-state index contributed by atoms with van der Waals surface area (Å²) in [7, 11) is 1.67. The summed E-state index contributed by atoms with van der Waals surface area (Å²) in [5, 5.41) is 3.48. The molecular formula is C20H24BrNO3. The molecule has 1 fully saturated rings. The van der Waals surface area contributed by atoms with Crippen molar-refractivity contribution in [3.63, 3.8) is 0 Å². The lowest BCUT2D eigenvalue weighted by atomic mass is 10.1. The van der Waals surface area contributed by atoms with Crippen LogP contribution in [-0.4, -0.2) is 26.4 Å². The monoisotopic (exact) mass is 405 g/mol. The third-order valence-electron chi connectivity index (χ3n) is 4.25. The predicted molar refractivity (Wildman–Crippen MR) is 102 cm³/mol. The van der Waals surface area contributed by atoms with Crippen LogP contribution in [0.2, 0.25) is 0 Å². The van der Waals surface area contributed by atoms with Crippen molar-refractivity contribution in [2.75, 3.05) is 20.3 Å². The quantitative estimate of drug-likeness (QED) is 0.710. The molecule has 1 atom stereocenters. The van der Waals surface area contributed by atoms with Gasteiger partial charge in [0, 0.05) is 29.7 Å². The van der Waals surface area contributed by atoms with Gasteiger partial charge in [0.05, 0.1) is 13.2 Å². The number of hydrogen-bond donors (Lipinski definition) is 1. The molecule has 0 radical (unpaired) electrons. The Balaban J connectivity index is 1.69. The smallest absolute Gasteiger partial charge is 0.166 e. The molecule has 4 nitrogen and oxygen atoms in total. The Morgan fingerprint density at radius 1 is 1.24 bits per heavy atom. The minimum Gasteiger partial charge on any atom is -0.493 e. The summed E-state index contributed by atoms with van der Waals surface area (Å²) >= 11 is 3.55. The van der Waals surface area contributed by atoms with Crippen LogP contribution in [0.15, 0.2) is 46.9 Å². The highest BCUT2D eigenvalue weighted by molar-refractivity contribution is 9.10. The maximum Gasteiger partial charge on any atom is 0.166 e. The maximum absolute atomic E-state index is 6.11. The molecule has 1 saturated heterocycles. The van der Waals surface area contributed by atoms with Gasteiger partial charge >= 0.3 is 0 Å². The van der Waals surface area contributed by atoms with Gasteiger partial charge < -0.3 is 19.5 Å². The summed E-state index contributed by atoms with van der Waals surface area (Å²) in [5.74, 6) is 1.52. The SMILES string of the molecule is COc1cc(Br)cc(CNC[C@@H]2CCCO2)c1OCc1ccccc1. The molecule has 0 aliphatic carbocycles. The number of benzene rings is 2. The van der Waals surface area contributed by atoms with Crippen molar-refractivity contribution < 1.29 is 14.2 Å². The summed E-state index contributed by atoms with van der Waals surface area (Å²) in [6, 6.07) is 14.2. The molecule has 25 heavy (non-hydrogen) atoms. The predicted octanol–water partition coefficient (Wildman–Crippen LogP) is 4.31. The molecule has 2 aromatic rings. The third kappa shape index (κ3) is 5.21. The van der Waals surface area contributed by atoms with E-state index < -0.39 is 0 Å². The molecule has 1 aliphatic heterocycles. The van der Waals surface area contributed by atoms with Gasteiger partial charge in [0.2, 0.25) is 0 Å². The van der Waals surface area contributed by atoms with Gasteiger partial charge in [-0.25, -0.2) is 0 Å². The second-order valence-corrected chi connectivity index (χ2v) is 7.05. The van der Waals surface area contributed by atoms with E-state index in [-0.39, 0.29) is 0 Å². The molecule has 0 saturated carbocycles. The first kappa shape index (κ1) is 18.2. The van der Waals surface area contributed by atoms with Crippen LogP contribution in [0.4, 0.5) is 0 Å². The molecule has 1 aliphatic rings. The number of rotatable bonds is 8. The fraction of sp³-hybridized carbons (Fsp3) is 0.400. The summed E-state index contributed by atoms with van der Waals surface area (Å²) in [6.45, 7) is 2.95. The molecule has 0 unspecified atom stereocenters. The molecule has 3 rings (SSSR count). The van der Waals surface area contributed by atoms with Gasteiger partial charge in [0.1, 0.15) is 6.61 Å². The Labute approximate surface area is 157 Å². The van der Waals surface area contributed by atoms with E-state index in [1.54, 1.807) is 7.11 Å². The van der Waals surface area contributed by atoms with Crippen molar-refractivity contribution in [3.05, 3.63) is 58.1 Å². The van der Waals surface area contributed by atoms with Crippen molar-refractivity contribution in [1.29, 1.82) is 0 Å². The highest BCUT2D eigenvalue weighted by Crippen LogP contribution is 2.35. The van der Waals surface area contributed by atoms with E-state index in [2.05, 4.69) is 39.4 Å². The van der Waals surface area contributed by atoms with Gasteiger partial charge in [0.15, 0.2) is 11.5 Å². The summed E-state index contributed by atoms with van der Waals surface area (Å²) in [4.78, 5) is 0. The van der Waals surface area contributed by atoms with Gasteiger partial charge in [-0.1, -0.05) is 46.3 Å². The van der Waals surface area contributed by atoms with E-state index in [9.17, 15) is 0 Å². The number of ether oxygens (including phenoxy) is 3. The van der Waals surface area contributed by atoms with Crippen molar-refractivity contribution in [2.24, 2.45) is 0 Å². The summed E-state index contributed by atoms with van der Waals surface area (Å²) in [5.41, 5.74) is 2.20. The number of methoxy groups -OCH3 is 1. The van der Waals surface area contributed by atoms with Crippen molar-refractivity contribution in [2.45, 2.75) is 32.1 Å². The zero-order valence-electron chi connectivity index (χ0n) is 14.5. The average Bonchev–Trinajstić information content (AvgIpc) is 3.14. The van der Waals surface area contributed by atoms with Gasteiger partial charge in [-0.05, 0) is 30.5 Å². The van der Waals surface area contributed by atoms with Crippen molar-refractivity contribution >= 4 is 15.9 Å². The van der Waals surface area contributed by atoms with Crippen LogP contribution in [0.3, 0.4) is 0 Å². The normalized spacial score (nSPS) is 16.8. The van der Waals surface area contributed by atoms with Crippen LogP contribution in [0.5, 0.6) is 11.5 Å². The average molecular weight is 406 g/mol. The van der Waals surface area contributed by atoms with E-state index >= 15 is 0 Å². The minimum absolute atomic E-state index is 0.322. The van der Waals surface area contributed by atoms with E-state index in [0.717, 1.165) is 53.1 Å². The lowest BCUT2D eigenvalue weighted by Gasteiger charge is -2.17. The van der Waals surface area contributed by atoms with Crippen LogP contribution in [0.25, 0.3) is 0 Å². The highest BCUT2D eigenvalue weighted by Gasteiger charge is 2.17. The second kappa shape index (κ2) is 9.22. The van der Waals surface area contributed by atoms with E-state index in [4.69, 9.17) is 14.2 Å². The first-order valence-corrected chi connectivity index (χ1v) is 9.41. The lowest BCUT2D eigenvalue weighted by molar-refractivity contribution is 0.110. The number of nitrogens with one attached hydrogen (secondary N) is 1. The molecule has 5 heteroatoms. The number of hydrogen-bond acceptors (Lipinski definition) is 4. The van der Waals surface area contributed by atoms with Crippen LogP contribution in [0.1, 0.15) is 24.0 Å². The Bertz CT molecular complexity index is 672. The molecule has 0 aromatic heterocycles.